The molecule has 0 aliphatic heterocycles. The molecule has 0 radical (unpaired) electrons. The summed E-state index contributed by atoms with van der Waals surface area (Å²) in [5.74, 6) is 2.62. The lowest BCUT2D eigenvalue weighted by molar-refractivity contribution is 0.411. The first-order valence-electron chi connectivity index (χ1n) is 24.5. The highest BCUT2D eigenvalue weighted by Crippen LogP contribution is 2.43. The van der Waals surface area contributed by atoms with E-state index in [1.165, 1.54) is 0 Å². The predicted molar refractivity (Wildman–Crippen MR) is 299 cm³/mol. The van der Waals surface area contributed by atoms with Crippen LogP contribution in [-0.2, 0) is 0 Å². The quantitative estimate of drug-likeness (QED) is 0.122. The molecule has 3 aromatic heterocycles. The molecule has 0 fully saturated rings. The average molecular weight is 940 g/mol. The summed E-state index contributed by atoms with van der Waals surface area (Å²) in [5, 5.41) is 0. The minimum atomic E-state index is 0.825. The summed E-state index contributed by atoms with van der Waals surface area (Å²) in [6.45, 7) is 2.01. The molecule has 0 N–H and O–H groups in total. The Kier molecular flexibility index (Phi) is 12.0. The lowest BCUT2D eigenvalue weighted by Gasteiger charge is -2.18. The van der Waals surface area contributed by atoms with Gasteiger partial charge < -0.3 is 4.74 Å². The Bertz CT molecular complexity index is 3690. The molecule has 0 aliphatic carbocycles. The van der Waals surface area contributed by atoms with Crippen molar-refractivity contribution in [3.63, 3.8) is 0 Å². The Morgan fingerprint density at radius 2 is 0.658 bits per heavy atom. The van der Waals surface area contributed by atoms with Crippen LogP contribution < -0.4 is 4.74 Å². The minimum Gasteiger partial charge on any atom is -0.496 e. The molecule has 6 heteroatoms. The Labute approximate surface area is 425 Å². The molecule has 12 aromatic rings. The van der Waals surface area contributed by atoms with Gasteiger partial charge in [0.25, 0.3) is 0 Å². The first kappa shape index (κ1) is 44.6. The van der Waals surface area contributed by atoms with Crippen LogP contribution in [0.3, 0.4) is 0 Å². The zero-order valence-corrected chi connectivity index (χ0v) is 40.5. The second kappa shape index (κ2) is 19.6. The van der Waals surface area contributed by atoms with Gasteiger partial charge in [0.1, 0.15) is 17.4 Å². The third-order valence-electron chi connectivity index (χ3n) is 13.7. The number of pyridine rings is 1. The number of imidazole rings is 2. The number of benzene rings is 9. The standard InChI is InChI=1S/C67H49N5O/c1-46-45-70-64(44-65(46)73-2)50-31-25-47(26-32-50)58-19-9-12-22-61(58)53-41-54(62-23-13-10-20-59(62)48-27-33-51(34-28-48)66-68-37-39-71(66)56-15-5-3-6-16-56)43-55(42-53)63-24-14-11-21-60(63)49-29-35-52(36-30-49)67-69-38-40-72(67)57-17-7-4-8-18-57/h3-45H,1-2H3. The summed E-state index contributed by atoms with van der Waals surface area (Å²) in [4.78, 5) is 14.3. The van der Waals surface area contributed by atoms with Crippen LogP contribution in [0.25, 0.3) is 112 Å². The normalized spacial score (nSPS) is 11.2. The summed E-state index contributed by atoms with van der Waals surface area (Å²) in [6.07, 6.45) is 9.62. The van der Waals surface area contributed by atoms with Crippen molar-refractivity contribution >= 4 is 0 Å². The van der Waals surface area contributed by atoms with Gasteiger partial charge in [0, 0.05) is 70.7 Å². The summed E-state index contributed by atoms with van der Waals surface area (Å²) >= 11 is 0. The maximum atomic E-state index is 5.64. The molecule has 6 nitrogen and oxygen atoms in total. The smallest absolute Gasteiger partial charge is 0.144 e. The van der Waals surface area contributed by atoms with Gasteiger partial charge in [-0.1, -0.05) is 182 Å². The summed E-state index contributed by atoms with van der Waals surface area (Å²) in [5.41, 5.74) is 20.7. The molecule has 0 bridgehead atoms. The number of aryl methyl sites for hydroxylation is 1. The van der Waals surface area contributed by atoms with Crippen LogP contribution in [0.1, 0.15) is 5.56 Å². The minimum absolute atomic E-state index is 0.825. The maximum absolute atomic E-state index is 5.64. The fourth-order valence-corrected chi connectivity index (χ4v) is 9.98. The zero-order valence-electron chi connectivity index (χ0n) is 40.5. The molecule has 73 heavy (non-hydrogen) atoms. The van der Waals surface area contributed by atoms with Gasteiger partial charge in [-0.3, -0.25) is 14.1 Å². The number of methoxy groups -OCH3 is 1. The van der Waals surface area contributed by atoms with Gasteiger partial charge in [0.05, 0.1) is 12.8 Å². The maximum Gasteiger partial charge on any atom is 0.144 e. The third-order valence-corrected chi connectivity index (χ3v) is 13.7. The van der Waals surface area contributed by atoms with Crippen molar-refractivity contribution in [2.24, 2.45) is 0 Å². The van der Waals surface area contributed by atoms with Gasteiger partial charge >= 0.3 is 0 Å². The Hall–Kier alpha value is -9.65. The molecule has 0 spiro atoms. The number of rotatable bonds is 12. The van der Waals surface area contributed by atoms with E-state index in [0.29, 0.717) is 0 Å². The highest BCUT2D eigenvalue weighted by atomic mass is 16.5. The fraction of sp³-hybridized carbons (Fsp3) is 0.0299. The first-order chi connectivity index (χ1) is 36.1. The monoisotopic (exact) mass is 939 g/mol. The number of para-hydroxylation sites is 2. The molecule has 0 atom stereocenters. The van der Waals surface area contributed by atoms with Gasteiger partial charge in [0.2, 0.25) is 0 Å². The summed E-state index contributed by atoms with van der Waals surface area (Å²) in [6, 6.07) is 82.3. The van der Waals surface area contributed by atoms with Gasteiger partial charge in [-0.15, -0.1) is 0 Å². The second-order valence-electron chi connectivity index (χ2n) is 18.1. The van der Waals surface area contributed by atoms with Crippen LogP contribution in [0.5, 0.6) is 5.75 Å². The Balaban J connectivity index is 0.967. The van der Waals surface area contributed by atoms with E-state index in [1.54, 1.807) is 7.11 Å². The number of aromatic nitrogens is 5. The first-order valence-corrected chi connectivity index (χ1v) is 24.5. The van der Waals surface area contributed by atoms with Crippen molar-refractivity contribution < 1.29 is 4.74 Å². The predicted octanol–water partition coefficient (Wildman–Crippen LogP) is 16.8. The number of hydrogen-bond acceptors (Lipinski definition) is 4. The molecule has 0 aliphatic rings. The number of ether oxygens (including phenoxy) is 1. The highest BCUT2D eigenvalue weighted by Gasteiger charge is 2.18. The highest BCUT2D eigenvalue weighted by molar-refractivity contribution is 5.94. The number of nitrogens with zero attached hydrogens (tertiary/aromatic N) is 5. The summed E-state index contributed by atoms with van der Waals surface area (Å²) in [7, 11) is 1.70. The zero-order chi connectivity index (χ0) is 49.1. The molecule has 3 heterocycles. The van der Waals surface area contributed by atoms with Gasteiger partial charge in [-0.2, -0.15) is 0 Å². The van der Waals surface area contributed by atoms with Crippen LogP contribution in [0.4, 0.5) is 0 Å². The third kappa shape index (κ3) is 8.83. The largest absolute Gasteiger partial charge is 0.496 e. The van der Waals surface area contributed by atoms with Crippen molar-refractivity contribution in [2.75, 3.05) is 7.11 Å². The number of hydrogen-bond donors (Lipinski definition) is 0. The van der Waals surface area contributed by atoms with E-state index in [9.17, 15) is 0 Å². The van der Waals surface area contributed by atoms with Crippen LogP contribution >= 0.6 is 0 Å². The topological polar surface area (TPSA) is 57.8 Å². The van der Waals surface area contributed by atoms with Crippen LogP contribution in [0.2, 0.25) is 0 Å². The van der Waals surface area contributed by atoms with Gasteiger partial charge in [-0.25, -0.2) is 9.97 Å². The van der Waals surface area contributed by atoms with E-state index in [2.05, 4.69) is 221 Å². The van der Waals surface area contributed by atoms with Crippen molar-refractivity contribution in [3.05, 3.63) is 267 Å². The SMILES string of the molecule is COc1cc(-c2ccc(-c3ccccc3-c3cc(-c4ccccc4-c4ccc(-c5nccn5-c5ccccc5)cc4)cc(-c4ccccc4-c4ccc(-c5nccn5-c5ccccc5)cc4)c3)cc2)ncc1C. The van der Waals surface area contributed by atoms with Crippen molar-refractivity contribution in [2.45, 2.75) is 6.92 Å². The van der Waals surface area contributed by atoms with E-state index in [-0.39, 0.29) is 0 Å². The molecular formula is C67H49N5O. The van der Waals surface area contributed by atoms with Crippen molar-refractivity contribution in [3.8, 4) is 118 Å². The van der Waals surface area contributed by atoms with Crippen molar-refractivity contribution in [1.29, 1.82) is 0 Å². The van der Waals surface area contributed by atoms with E-state index >= 15 is 0 Å². The molecule has 0 unspecified atom stereocenters. The van der Waals surface area contributed by atoms with Crippen LogP contribution in [0.15, 0.2) is 262 Å². The molecule has 0 amide bonds. The molecule has 12 rings (SSSR count). The van der Waals surface area contributed by atoms with E-state index in [0.717, 1.165) is 123 Å². The molecular weight excluding hydrogens is 891 g/mol. The summed E-state index contributed by atoms with van der Waals surface area (Å²) < 4.78 is 9.91. The van der Waals surface area contributed by atoms with Crippen LogP contribution in [-0.4, -0.2) is 31.2 Å². The van der Waals surface area contributed by atoms with Gasteiger partial charge in [0.15, 0.2) is 0 Å². The lowest BCUT2D eigenvalue weighted by Crippen LogP contribution is -1.96. The van der Waals surface area contributed by atoms with Gasteiger partial charge in [-0.05, 0) is 116 Å². The fourth-order valence-electron chi connectivity index (χ4n) is 9.98. The molecule has 348 valence electrons. The average Bonchev–Trinajstić information content (AvgIpc) is 4.18. The lowest BCUT2D eigenvalue weighted by atomic mass is 9.86. The molecule has 9 aromatic carbocycles. The Morgan fingerprint density at radius 3 is 1.03 bits per heavy atom. The van der Waals surface area contributed by atoms with E-state index in [1.807, 2.05) is 56.1 Å². The Morgan fingerprint density at radius 1 is 0.329 bits per heavy atom. The van der Waals surface area contributed by atoms with E-state index in [4.69, 9.17) is 19.7 Å². The second-order valence-corrected chi connectivity index (χ2v) is 18.1. The van der Waals surface area contributed by atoms with Crippen LogP contribution in [0, 0.1) is 6.92 Å². The van der Waals surface area contributed by atoms with E-state index < -0.39 is 0 Å². The van der Waals surface area contributed by atoms with Crippen molar-refractivity contribution in [1.82, 2.24) is 24.1 Å². The molecule has 0 saturated heterocycles. The molecule has 0 saturated carbocycles.